The van der Waals surface area contributed by atoms with Crippen molar-refractivity contribution in [2.75, 3.05) is 0 Å². The van der Waals surface area contributed by atoms with E-state index in [0.717, 1.165) is 5.56 Å². The van der Waals surface area contributed by atoms with Crippen molar-refractivity contribution in [2.45, 2.75) is 26.9 Å². The third kappa shape index (κ3) is 3.57. The number of hydroxylamine groups is 1. The first-order valence-corrected chi connectivity index (χ1v) is 5.28. The van der Waals surface area contributed by atoms with Crippen LogP contribution in [0, 0.1) is 0 Å². The topological polar surface area (TPSA) is 75.6 Å². The van der Waals surface area contributed by atoms with Gasteiger partial charge in [-0.25, -0.2) is 10.3 Å². The number of aromatic carboxylic acids is 1. The van der Waals surface area contributed by atoms with E-state index in [0.29, 0.717) is 12.0 Å². The molecular weight excluding hydrogens is 222 g/mol. The van der Waals surface area contributed by atoms with Crippen molar-refractivity contribution in [3.05, 3.63) is 34.9 Å². The van der Waals surface area contributed by atoms with Crippen LogP contribution in [0.3, 0.4) is 0 Å². The van der Waals surface area contributed by atoms with E-state index in [4.69, 9.17) is 9.94 Å². The lowest BCUT2D eigenvalue weighted by atomic mass is 10.00. The number of benzene rings is 1. The van der Waals surface area contributed by atoms with Crippen LogP contribution < -0.4 is 5.48 Å². The molecular formula is C12H15NO4. The maximum absolute atomic E-state index is 11.0. The first-order valence-electron chi connectivity index (χ1n) is 5.28. The molecule has 0 heterocycles. The molecule has 5 nitrogen and oxygen atoms in total. The van der Waals surface area contributed by atoms with Gasteiger partial charge in [-0.15, -0.1) is 0 Å². The maximum Gasteiger partial charge on any atom is 0.336 e. The maximum atomic E-state index is 11.0. The van der Waals surface area contributed by atoms with Crippen LogP contribution in [0.2, 0.25) is 0 Å². The van der Waals surface area contributed by atoms with Gasteiger partial charge in [-0.2, -0.15) is 0 Å². The second-order valence-corrected chi connectivity index (χ2v) is 3.55. The molecule has 92 valence electrons. The Hall–Kier alpha value is -1.88. The van der Waals surface area contributed by atoms with Crippen molar-refractivity contribution in [1.29, 1.82) is 0 Å². The van der Waals surface area contributed by atoms with E-state index in [1.165, 1.54) is 13.0 Å². The number of carbonyl (C=O) groups excluding carboxylic acids is 1. The average molecular weight is 237 g/mol. The van der Waals surface area contributed by atoms with Crippen LogP contribution in [0.4, 0.5) is 0 Å². The Morgan fingerprint density at radius 1 is 1.41 bits per heavy atom. The number of amides is 1. The molecule has 0 radical (unpaired) electrons. The molecule has 0 saturated heterocycles. The zero-order chi connectivity index (χ0) is 12.8. The summed E-state index contributed by atoms with van der Waals surface area (Å²) in [5, 5.41) is 9.05. The highest BCUT2D eigenvalue weighted by atomic mass is 16.6. The summed E-state index contributed by atoms with van der Waals surface area (Å²) in [6, 6.07) is 5.07. The summed E-state index contributed by atoms with van der Waals surface area (Å²) in [7, 11) is 0. The van der Waals surface area contributed by atoms with Gasteiger partial charge < -0.3 is 5.11 Å². The lowest BCUT2D eigenvalue weighted by molar-refractivity contribution is -0.132. The van der Waals surface area contributed by atoms with Crippen molar-refractivity contribution >= 4 is 11.9 Å². The Balaban J connectivity index is 2.93. The molecule has 0 atom stereocenters. The van der Waals surface area contributed by atoms with Crippen LogP contribution in [0.25, 0.3) is 0 Å². The number of nitrogens with one attached hydrogen (secondary N) is 1. The zero-order valence-corrected chi connectivity index (χ0v) is 9.82. The molecule has 1 amide bonds. The standard InChI is InChI=1S/C12H15NO4/c1-3-9-5-4-6-10(12(15)16)11(9)7-17-13-8(2)14/h4-6H,3,7H2,1-2H3,(H,13,14)(H,15,16). The van der Waals surface area contributed by atoms with Gasteiger partial charge in [-0.3, -0.25) is 9.63 Å². The second kappa shape index (κ2) is 6.00. The summed E-state index contributed by atoms with van der Waals surface area (Å²) < 4.78 is 0. The summed E-state index contributed by atoms with van der Waals surface area (Å²) in [4.78, 5) is 26.7. The summed E-state index contributed by atoms with van der Waals surface area (Å²) in [5.74, 6) is -1.32. The quantitative estimate of drug-likeness (QED) is 0.761. The molecule has 1 rings (SSSR count). The minimum Gasteiger partial charge on any atom is -0.478 e. The molecule has 0 saturated carbocycles. The highest BCUT2D eigenvalue weighted by molar-refractivity contribution is 5.89. The molecule has 0 aliphatic rings. The minimum atomic E-state index is -0.998. The summed E-state index contributed by atoms with van der Waals surface area (Å²) in [6.07, 6.45) is 0.708. The van der Waals surface area contributed by atoms with Crippen LogP contribution in [-0.4, -0.2) is 17.0 Å². The lowest BCUT2D eigenvalue weighted by Crippen LogP contribution is -2.21. The van der Waals surface area contributed by atoms with E-state index in [-0.39, 0.29) is 18.1 Å². The van der Waals surface area contributed by atoms with Crippen molar-refractivity contribution < 1.29 is 19.5 Å². The molecule has 0 aromatic heterocycles. The highest BCUT2D eigenvalue weighted by Gasteiger charge is 2.13. The molecule has 0 aliphatic heterocycles. The average Bonchev–Trinajstić information content (AvgIpc) is 2.28. The Kier molecular flexibility index (Phi) is 4.66. The summed E-state index contributed by atoms with van der Waals surface area (Å²) in [6.45, 7) is 3.30. The third-order valence-corrected chi connectivity index (χ3v) is 2.32. The van der Waals surface area contributed by atoms with Gasteiger partial charge in [0.15, 0.2) is 0 Å². The molecule has 0 unspecified atom stereocenters. The van der Waals surface area contributed by atoms with Gasteiger partial charge in [0.05, 0.1) is 5.56 Å². The molecule has 0 spiro atoms. The number of rotatable bonds is 5. The monoisotopic (exact) mass is 237 g/mol. The molecule has 0 fully saturated rings. The number of hydrogen-bond acceptors (Lipinski definition) is 3. The predicted molar refractivity (Wildman–Crippen MR) is 61.4 cm³/mol. The number of hydrogen-bond donors (Lipinski definition) is 2. The molecule has 1 aromatic rings. The molecule has 17 heavy (non-hydrogen) atoms. The van der Waals surface area contributed by atoms with E-state index in [2.05, 4.69) is 5.48 Å². The van der Waals surface area contributed by atoms with Crippen LogP contribution in [-0.2, 0) is 22.7 Å². The molecule has 0 aliphatic carbocycles. The van der Waals surface area contributed by atoms with Crippen LogP contribution in [0.5, 0.6) is 0 Å². The minimum absolute atomic E-state index is 0.0469. The first kappa shape index (κ1) is 13.2. The third-order valence-electron chi connectivity index (χ3n) is 2.32. The lowest BCUT2D eigenvalue weighted by Gasteiger charge is -2.11. The zero-order valence-electron chi connectivity index (χ0n) is 9.82. The van der Waals surface area contributed by atoms with Crippen molar-refractivity contribution in [3.63, 3.8) is 0 Å². The Morgan fingerprint density at radius 2 is 2.12 bits per heavy atom. The van der Waals surface area contributed by atoms with Gasteiger partial charge in [0.1, 0.15) is 6.61 Å². The van der Waals surface area contributed by atoms with Gasteiger partial charge >= 0.3 is 5.97 Å². The molecule has 5 heteroatoms. The number of carboxylic acids is 1. The normalized spacial score (nSPS) is 10.0. The van der Waals surface area contributed by atoms with Gasteiger partial charge in [-0.05, 0) is 23.6 Å². The van der Waals surface area contributed by atoms with Crippen molar-refractivity contribution in [3.8, 4) is 0 Å². The molecule has 2 N–H and O–H groups in total. The number of aryl methyl sites for hydroxylation is 1. The van der Waals surface area contributed by atoms with E-state index >= 15 is 0 Å². The SMILES string of the molecule is CCc1cccc(C(=O)O)c1CONC(C)=O. The smallest absolute Gasteiger partial charge is 0.336 e. The Bertz CT molecular complexity index is 429. The van der Waals surface area contributed by atoms with Gasteiger partial charge in [0.2, 0.25) is 5.91 Å². The van der Waals surface area contributed by atoms with Crippen molar-refractivity contribution in [1.82, 2.24) is 5.48 Å². The van der Waals surface area contributed by atoms with E-state index in [1.807, 2.05) is 13.0 Å². The highest BCUT2D eigenvalue weighted by Crippen LogP contribution is 2.16. The fourth-order valence-corrected chi connectivity index (χ4v) is 1.55. The Labute approximate surface area is 99.4 Å². The fraction of sp³-hybridized carbons (Fsp3) is 0.333. The fourth-order valence-electron chi connectivity index (χ4n) is 1.55. The predicted octanol–water partition coefficient (Wildman–Crippen LogP) is 1.51. The van der Waals surface area contributed by atoms with E-state index in [9.17, 15) is 9.59 Å². The van der Waals surface area contributed by atoms with Crippen LogP contribution in [0.1, 0.15) is 35.3 Å². The summed E-state index contributed by atoms with van der Waals surface area (Å²) >= 11 is 0. The number of carbonyl (C=O) groups is 2. The van der Waals surface area contributed by atoms with E-state index < -0.39 is 5.97 Å². The molecule has 1 aromatic carbocycles. The second-order valence-electron chi connectivity index (χ2n) is 3.55. The first-order chi connectivity index (χ1) is 8.06. The molecule has 0 bridgehead atoms. The van der Waals surface area contributed by atoms with Crippen LogP contribution >= 0.6 is 0 Å². The van der Waals surface area contributed by atoms with E-state index in [1.54, 1.807) is 6.07 Å². The Morgan fingerprint density at radius 3 is 2.65 bits per heavy atom. The summed E-state index contributed by atoms with van der Waals surface area (Å²) in [5.41, 5.74) is 3.88. The largest absolute Gasteiger partial charge is 0.478 e. The number of carboxylic acid groups (broad SMARTS) is 1. The van der Waals surface area contributed by atoms with Gasteiger partial charge in [-0.1, -0.05) is 19.1 Å². The van der Waals surface area contributed by atoms with Gasteiger partial charge in [0.25, 0.3) is 0 Å². The van der Waals surface area contributed by atoms with Crippen LogP contribution in [0.15, 0.2) is 18.2 Å². The van der Waals surface area contributed by atoms with Crippen molar-refractivity contribution in [2.24, 2.45) is 0 Å². The van der Waals surface area contributed by atoms with Gasteiger partial charge in [0, 0.05) is 6.92 Å².